The second-order valence-electron chi connectivity index (χ2n) is 10.9. The van der Waals surface area contributed by atoms with Gasteiger partial charge in [0.1, 0.15) is 6.04 Å². The first-order valence-electron chi connectivity index (χ1n) is 13.5. The first-order valence-corrected chi connectivity index (χ1v) is 14.4. The predicted molar refractivity (Wildman–Crippen MR) is 145 cm³/mol. The Morgan fingerprint density at radius 3 is 2.47 bits per heavy atom. The molecular formula is C28H45N3O4S. The summed E-state index contributed by atoms with van der Waals surface area (Å²) in [5, 5.41) is 10.5. The number of unbranched alkanes of at least 4 members (excludes halogenated alkanes) is 1. The Labute approximate surface area is 221 Å². The molecule has 3 rings (SSSR count). The monoisotopic (exact) mass is 519 g/mol. The molecule has 1 spiro atoms. The fourth-order valence-corrected chi connectivity index (χ4v) is 9.10. The third-order valence-electron chi connectivity index (χ3n) is 8.77. The number of hydrogen-bond donors (Lipinski definition) is 1. The minimum Gasteiger partial charge on any atom is -0.394 e. The van der Waals surface area contributed by atoms with Gasteiger partial charge in [0.2, 0.25) is 17.7 Å². The van der Waals surface area contributed by atoms with E-state index in [9.17, 15) is 19.5 Å². The van der Waals surface area contributed by atoms with Crippen molar-refractivity contribution in [3.8, 4) is 0 Å². The van der Waals surface area contributed by atoms with Crippen LogP contribution in [-0.4, -0.2) is 92.9 Å². The van der Waals surface area contributed by atoms with Gasteiger partial charge in [-0.1, -0.05) is 52.7 Å². The number of fused-ring (bicyclic) bond motifs is 1. The average molecular weight is 520 g/mol. The molecule has 3 saturated heterocycles. The SMILES string of the molecule is C=CCN(C)C(=O)[C@@H]1[C@H]2C(=O)N([C@@H](CO)[C@@H](C)CC)C(C(=O)N(CC=C)CCCC)C23S[C@@H]1CC3C. The first kappa shape index (κ1) is 28.8. The van der Waals surface area contributed by atoms with E-state index in [-0.39, 0.29) is 41.4 Å². The molecule has 3 aliphatic rings. The number of carbonyl (C=O) groups is 3. The van der Waals surface area contributed by atoms with E-state index in [4.69, 9.17) is 0 Å². The molecule has 36 heavy (non-hydrogen) atoms. The Hall–Kier alpha value is -1.80. The smallest absolute Gasteiger partial charge is 0.247 e. The van der Waals surface area contributed by atoms with Crippen molar-refractivity contribution in [3.63, 3.8) is 0 Å². The summed E-state index contributed by atoms with van der Waals surface area (Å²) >= 11 is 1.69. The molecule has 202 valence electrons. The number of hydrogen-bond acceptors (Lipinski definition) is 5. The molecule has 3 unspecified atom stereocenters. The summed E-state index contributed by atoms with van der Waals surface area (Å²) in [5.41, 5.74) is 0. The first-order chi connectivity index (χ1) is 17.2. The van der Waals surface area contributed by atoms with E-state index in [2.05, 4.69) is 27.0 Å². The molecule has 8 heteroatoms. The van der Waals surface area contributed by atoms with Crippen molar-refractivity contribution < 1.29 is 19.5 Å². The Balaban J connectivity index is 2.15. The minimum atomic E-state index is -0.703. The quantitative estimate of drug-likeness (QED) is 0.378. The lowest BCUT2D eigenvalue weighted by atomic mass is 9.65. The van der Waals surface area contributed by atoms with Crippen molar-refractivity contribution >= 4 is 29.5 Å². The summed E-state index contributed by atoms with van der Waals surface area (Å²) in [7, 11) is 1.75. The Bertz CT molecular complexity index is 866. The zero-order chi connectivity index (χ0) is 26.8. The highest BCUT2D eigenvalue weighted by Crippen LogP contribution is 2.69. The van der Waals surface area contributed by atoms with Crippen LogP contribution in [0.1, 0.15) is 53.4 Å². The van der Waals surface area contributed by atoms with Gasteiger partial charge in [-0.2, -0.15) is 0 Å². The topological polar surface area (TPSA) is 81.2 Å². The highest BCUT2D eigenvalue weighted by atomic mass is 32.2. The molecule has 7 nitrogen and oxygen atoms in total. The minimum absolute atomic E-state index is 0.00540. The van der Waals surface area contributed by atoms with E-state index >= 15 is 0 Å². The lowest BCUT2D eigenvalue weighted by Crippen LogP contribution is -2.60. The Kier molecular flexibility index (Phi) is 9.36. The summed E-state index contributed by atoms with van der Waals surface area (Å²) < 4.78 is -0.680. The van der Waals surface area contributed by atoms with E-state index < -0.39 is 28.7 Å². The predicted octanol–water partition coefficient (Wildman–Crippen LogP) is 3.19. The van der Waals surface area contributed by atoms with Gasteiger partial charge in [0.25, 0.3) is 0 Å². The highest BCUT2D eigenvalue weighted by molar-refractivity contribution is 8.02. The van der Waals surface area contributed by atoms with Crippen molar-refractivity contribution in [2.24, 2.45) is 23.7 Å². The molecule has 2 bridgehead atoms. The number of rotatable bonds is 13. The van der Waals surface area contributed by atoms with Crippen LogP contribution in [0.4, 0.5) is 0 Å². The maximum absolute atomic E-state index is 14.4. The summed E-state index contributed by atoms with van der Waals surface area (Å²) in [6, 6.07) is -1.17. The van der Waals surface area contributed by atoms with Crippen molar-refractivity contribution in [1.82, 2.24) is 14.7 Å². The van der Waals surface area contributed by atoms with Gasteiger partial charge >= 0.3 is 0 Å². The molecule has 3 amide bonds. The lowest BCUT2D eigenvalue weighted by Gasteiger charge is -2.43. The maximum Gasteiger partial charge on any atom is 0.247 e. The average Bonchev–Trinajstić information content (AvgIpc) is 3.45. The van der Waals surface area contributed by atoms with E-state index in [1.165, 1.54) is 0 Å². The summed E-state index contributed by atoms with van der Waals surface area (Å²) in [6.07, 6.45) is 6.82. The number of thioether (sulfide) groups is 1. The van der Waals surface area contributed by atoms with Crippen molar-refractivity contribution in [2.45, 2.75) is 75.5 Å². The number of likely N-dealkylation sites (N-methyl/N-ethyl adjacent to an activating group) is 1. The van der Waals surface area contributed by atoms with Crippen LogP contribution in [0.2, 0.25) is 0 Å². The molecule has 8 atom stereocenters. The fraction of sp³-hybridized carbons (Fsp3) is 0.750. The zero-order valence-corrected chi connectivity index (χ0v) is 23.5. The summed E-state index contributed by atoms with van der Waals surface area (Å²) in [4.78, 5) is 47.6. The molecule has 0 aromatic heterocycles. The number of likely N-dealkylation sites (tertiary alicyclic amines) is 1. The molecule has 0 aliphatic carbocycles. The van der Waals surface area contributed by atoms with Gasteiger partial charge in [0.05, 0.1) is 29.2 Å². The normalized spacial score (nSPS) is 32.2. The van der Waals surface area contributed by atoms with Crippen LogP contribution in [0.15, 0.2) is 25.3 Å². The van der Waals surface area contributed by atoms with E-state index in [0.29, 0.717) is 19.6 Å². The lowest BCUT2D eigenvalue weighted by molar-refractivity contribution is -0.147. The van der Waals surface area contributed by atoms with Crippen LogP contribution >= 0.6 is 11.8 Å². The third-order valence-corrected chi connectivity index (χ3v) is 10.8. The number of aliphatic hydroxyl groups excluding tert-OH is 1. The standard InChI is InChI=1S/C28H45N3O4S/c1-8-12-15-30(14-10-3)27(35)24-28-19(6)16-21(36-28)22(25(33)29(7)13-9-2)23(28)26(34)31(24)20(17-32)18(5)11-4/h9-10,18-24,32H,2-3,8,11-17H2,1,4-7H3/t18-,19?,20-,21+,22-,23-,24?,28?/m0/s1. The van der Waals surface area contributed by atoms with Crippen LogP contribution in [-0.2, 0) is 14.4 Å². The van der Waals surface area contributed by atoms with E-state index in [1.54, 1.807) is 40.8 Å². The van der Waals surface area contributed by atoms with Gasteiger partial charge in [0.15, 0.2) is 0 Å². The van der Waals surface area contributed by atoms with Crippen molar-refractivity contribution in [2.75, 3.05) is 33.3 Å². The fourth-order valence-electron chi connectivity index (χ4n) is 6.70. The second-order valence-corrected chi connectivity index (χ2v) is 12.4. The van der Waals surface area contributed by atoms with E-state index in [1.807, 2.05) is 18.7 Å². The number of nitrogens with zero attached hydrogens (tertiary/aromatic N) is 3. The molecule has 0 radical (unpaired) electrons. The van der Waals surface area contributed by atoms with Crippen LogP contribution in [0.5, 0.6) is 0 Å². The number of amides is 3. The number of aliphatic hydroxyl groups is 1. The molecule has 0 aromatic rings. The molecule has 3 aliphatic heterocycles. The maximum atomic E-state index is 14.4. The zero-order valence-electron chi connectivity index (χ0n) is 22.7. The van der Waals surface area contributed by atoms with Crippen LogP contribution in [0, 0.1) is 23.7 Å². The largest absolute Gasteiger partial charge is 0.394 e. The van der Waals surface area contributed by atoms with Gasteiger partial charge in [-0.15, -0.1) is 24.9 Å². The molecule has 0 saturated carbocycles. The van der Waals surface area contributed by atoms with Crippen LogP contribution < -0.4 is 0 Å². The highest BCUT2D eigenvalue weighted by Gasteiger charge is 2.77. The van der Waals surface area contributed by atoms with Crippen LogP contribution in [0.3, 0.4) is 0 Å². The molecule has 0 aromatic carbocycles. The molecule has 1 N–H and O–H groups in total. The van der Waals surface area contributed by atoms with Crippen molar-refractivity contribution in [3.05, 3.63) is 25.3 Å². The molecule has 3 fully saturated rings. The van der Waals surface area contributed by atoms with E-state index in [0.717, 1.165) is 25.7 Å². The summed E-state index contributed by atoms with van der Waals surface area (Å²) in [6.45, 7) is 17.1. The van der Waals surface area contributed by atoms with Crippen molar-refractivity contribution in [1.29, 1.82) is 0 Å². The molecule has 3 heterocycles. The Morgan fingerprint density at radius 1 is 1.25 bits per heavy atom. The van der Waals surface area contributed by atoms with Gasteiger partial charge < -0.3 is 19.8 Å². The number of carbonyl (C=O) groups excluding carboxylic acids is 3. The van der Waals surface area contributed by atoms with Gasteiger partial charge in [-0.05, 0) is 24.7 Å². The second kappa shape index (κ2) is 11.7. The van der Waals surface area contributed by atoms with Gasteiger partial charge in [0, 0.05) is 31.9 Å². The molecular weight excluding hydrogens is 474 g/mol. The van der Waals surface area contributed by atoms with Crippen LogP contribution in [0.25, 0.3) is 0 Å². The van der Waals surface area contributed by atoms with Gasteiger partial charge in [-0.25, -0.2) is 0 Å². The van der Waals surface area contributed by atoms with Gasteiger partial charge in [-0.3, -0.25) is 14.4 Å². The third kappa shape index (κ3) is 4.53. The Morgan fingerprint density at radius 2 is 1.92 bits per heavy atom. The summed E-state index contributed by atoms with van der Waals surface area (Å²) in [5.74, 6) is -1.19.